The predicted octanol–water partition coefficient (Wildman–Crippen LogP) is 3.03. The Balaban J connectivity index is 4.25. The van der Waals surface area contributed by atoms with Crippen molar-refractivity contribution in [2.24, 2.45) is 5.92 Å². The summed E-state index contributed by atoms with van der Waals surface area (Å²) < 4.78 is 5.29. The van der Waals surface area contributed by atoms with Crippen LogP contribution in [-0.2, 0) is 23.9 Å². The first-order chi connectivity index (χ1) is 10.3. The Morgan fingerprint density at radius 3 is 2.18 bits per heavy atom. The SMILES string of the molecule is CCCC(CCC(=O)CC(C)C(=O)CC(C)=O)OC(=O)CC. The summed E-state index contributed by atoms with van der Waals surface area (Å²) in [6, 6.07) is 0. The van der Waals surface area contributed by atoms with E-state index in [1.54, 1.807) is 13.8 Å². The third-order valence-corrected chi connectivity index (χ3v) is 3.45. The summed E-state index contributed by atoms with van der Waals surface area (Å²) in [6.07, 6.45) is 2.52. The van der Waals surface area contributed by atoms with Crippen molar-refractivity contribution in [3.8, 4) is 0 Å². The minimum Gasteiger partial charge on any atom is -0.462 e. The monoisotopic (exact) mass is 312 g/mol. The van der Waals surface area contributed by atoms with Gasteiger partial charge in [0.15, 0.2) is 0 Å². The number of esters is 1. The van der Waals surface area contributed by atoms with Crippen LogP contribution in [0.2, 0.25) is 0 Å². The summed E-state index contributed by atoms with van der Waals surface area (Å²) in [5.41, 5.74) is 0. The van der Waals surface area contributed by atoms with Crippen LogP contribution in [0, 0.1) is 5.92 Å². The number of hydrogen-bond donors (Lipinski definition) is 0. The highest BCUT2D eigenvalue weighted by Crippen LogP contribution is 2.15. The van der Waals surface area contributed by atoms with E-state index in [-0.39, 0.29) is 42.3 Å². The van der Waals surface area contributed by atoms with E-state index in [0.717, 1.165) is 12.8 Å². The van der Waals surface area contributed by atoms with Crippen LogP contribution >= 0.6 is 0 Å². The normalized spacial score (nSPS) is 13.3. The lowest BCUT2D eigenvalue weighted by molar-refractivity contribution is -0.149. The van der Waals surface area contributed by atoms with Gasteiger partial charge in [-0.05, 0) is 19.8 Å². The van der Waals surface area contributed by atoms with Crippen LogP contribution in [0.15, 0.2) is 0 Å². The molecule has 5 nitrogen and oxygen atoms in total. The van der Waals surface area contributed by atoms with E-state index in [2.05, 4.69) is 0 Å². The second-order valence-electron chi connectivity index (χ2n) is 5.78. The maximum absolute atomic E-state index is 11.9. The van der Waals surface area contributed by atoms with Gasteiger partial charge in [-0.25, -0.2) is 0 Å². The molecule has 126 valence electrons. The molecule has 0 aliphatic heterocycles. The molecule has 0 spiro atoms. The van der Waals surface area contributed by atoms with Crippen molar-refractivity contribution in [1.82, 2.24) is 0 Å². The first-order valence-electron chi connectivity index (χ1n) is 8.03. The Labute approximate surface area is 132 Å². The molecular weight excluding hydrogens is 284 g/mol. The van der Waals surface area contributed by atoms with Gasteiger partial charge in [-0.15, -0.1) is 0 Å². The summed E-state index contributed by atoms with van der Waals surface area (Å²) in [4.78, 5) is 45.8. The highest BCUT2D eigenvalue weighted by Gasteiger charge is 2.20. The molecule has 0 rings (SSSR count). The van der Waals surface area contributed by atoms with E-state index in [1.165, 1.54) is 6.92 Å². The molecule has 0 fully saturated rings. The van der Waals surface area contributed by atoms with Crippen LogP contribution in [0.1, 0.15) is 72.6 Å². The zero-order valence-corrected chi connectivity index (χ0v) is 14.1. The molecule has 2 unspecified atom stereocenters. The number of ketones is 3. The average molecular weight is 312 g/mol. The van der Waals surface area contributed by atoms with Crippen molar-refractivity contribution in [3.63, 3.8) is 0 Å². The Morgan fingerprint density at radius 2 is 1.68 bits per heavy atom. The number of rotatable bonds is 12. The van der Waals surface area contributed by atoms with Gasteiger partial charge in [-0.1, -0.05) is 27.2 Å². The first-order valence-corrected chi connectivity index (χ1v) is 8.03. The van der Waals surface area contributed by atoms with Crippen molar-refractivity contribution >= 4 is 23.3 Å². The van der Waals surface area contributed by atoms with Gasteiger partial charge in [-0.3, -0.25) is 19.2 Å². The van der Waals surface area contributed by atoms with Crippen LogP contribution in [0.3, 0.4) is 0 Å². The van der Waals surface area contributed by atoms with E-state index in [1.807, 2.05) is 6.92 Å². The first kappa shape index (κ1) is 20.5. The number of Topliss-reactive ketones (excluding diaryl/α,β-unsaturated/α-hetero) is 3. The zero-order chi connectivity index (χ0) is 17.1. The van der Waals surface area contributed by atoms with Crippen molar-refractivity contribution in [2.75, 3.05) is 0 Å². The number of carbonyl (C=O) groups excluding carboxylic acids is 4. The van der Waals surface area contributed by atoms with Gasteiger partial charge in [-0.2, -0.15) is 0 Å². The Kier molecular flexibility index (Phi) is 10.3. The molecule has 0 aromatic rings. The Hall–Kier alpha value is -1.52. The van der Waals surface area contributed by atoms with E-state index < -0.39 is 5.92 Å². The molecule has 22 heavy (non-hydrogen) atoms. The third-order valence-electron chi connectivity index (χ3n) is 3.45. The smallest absolute Gasteiger partial charge is 0.305 e. The summed E-state index contributed by atoms with van der Waals surface area (Å²) in [5.74, 6) is -1.09. The highest BCUT2D eigenvalue weighted by atomic mass is 16.5. The molecule has 0 amide bonds. The number of carbonyl (C=O) groups is 4. The molecule has 0 aromatic carbocycles. The minimum absolute atomic E-state index is 0.0296. The lowest BCUT2D eigenvalue weighted by Crippen LogP contribution is -2.21. The van der Waals surface area contributed by atoms with E-state index in [0.29, 0.717) is 19.3 Å². The topological polar surface area (TPSA) is 77.5 Å². The molecule has 2 atom stereocenters. The van der Waals surface area contributed by atoms with Gasteiger partial charge >= 0.3 is 5.97 Å². The highest BCUT2D eigenvalue weighted by molar-refractivity contribution is 6.00. The molecule has 0 N–H and O–H groups in total. The largest absolute Gasteiger partial charge is 0.462 e. The van der Waals surface area contributed by atoms with Crippen LogP contribution < -0.4 is 0 Å². The van der Waals surface area contributed by atoms with E-state index in [9.17, 15) is 19.2 Å². The van der Waals surface area contributed by atoms with Gasteiger partial charge < -0.3 is 4.74 Å². The number of ether oxygens (including phenoxy) is 1. The van der Waals surface area contributed by atoms with Crippen LogP contribution in [-0.4, -0.2) is 29.4 Å². The lowest BCUT2D eigenvalue weighted by Gasteiger charge is -2.17. The standard InChI is InChI=1S/C17H28O5/c1-5-7-15(22-17(21)6-2)9-8-14(19)10-12(3)16(20)11-13(4)18/h12,15H,5-11H2,1-4H3. The summed E-state index contributed by atoms with van der Waals surface area (Å²) in [7, 11) is 0. The van der Waals surface area contributed by atoms with Gasteiger partial charge in [0.05, 0.1) is 6.42 Å². The maximum Gasteiger partial charge on any atom is 0.305 e. The van der Waals surface area contributed by atoms with Crippen molar-refractivity contribution in [3.05, 3.63) is 0 Å². The molecule has 0 aliphatic carbocycles. The average Bonchev–Trinajstić information content (AvgIpc) is 2.43. The second kappa shape index (κ2) is 11.1. The van der Waals surface area contributed by atoms with Gasteiger partial charge in [0.1, 0.15) is 23.5 Å². The maximum atomic E-state index is 11.9. The molecule has 5 heteroatoms. The quantitative estimate of drug-likeness (QED) is 0.409. The lowest BCUT2D eigenvalue weighted by atomic mass is 9.94. The van der Waals surface area contributed by atoms with Crippen molar-refractivity contribution in [2.45, 2.75) is 78.7 Å². The van der Waals surface area contributed by atoms with E-state index in [4.69, 9.17) is 4.74 Å². The van der Waals surface area contributed by atoms with Crippen LogP contribution in [0.5, 0.6) is 0 Å². The Morgan fingerprint density at radius 1 is 1.05 bits per heavy atom. The summed E-state index contributed by atoms with van der Waals surface area (Å²) >= 11 is 0. The van der Waals surface area contributed by atoms with Crippen LogP contribution in [0.4, 0.5) is 0 Å². The fourth-order valence-corrected chi connectivity index (χ4v) is 2.15. The van der Waals surface area contributed by atoms with Gasteiger partial charge in [0, 0.05) is 25.2 Å². The predicted molar refractivity (Wildman–Crippen MR) is 83.4 cm³/mol. The fraction of sp³-hybridized carbons (Fsp3) is 0.765. The molecule has 0 aliphatic rings. The molecule has 0 saturated carbocycles. The fourth-order valence-electron chi connectivity index (χ4n) is 2.15. The number of hydrogen-bond acceptors (Lipinski definition) is 5. The van der Waals surface area contributed by atoms with E-state index >= 15 is 0 Å². The minimum atomic E-state index is -0.431. The molecular formula is C17H28O5. The molecule has 0 bridgehead atoms. The van der Waals surface area contributed by atoms with Gasteiger partial charge in [0.25, 0.3) is 0 Å². The van der Waals surface area contributed by atoms with Crippen LogP contribution in [0.25, 0.3) is 0 Å². The third kappa shape index (κ3) is 9.42. The van der Waals surface area contributed by atoms with Crippen molar-refractivity contribution in [1.29, 1.82) is 0 Å². The molecule has 0 radical (unpaired) electrons. The zero-order valence-electron chi connectivity index (χ0n) is 14.1. The molecule has 0 heterocycles. The van der Waals surface area contributed by atoms with Gasteiger partial charge in [0.2, 0.25) is 0 Å². The molecule has 0 aromatic heterocycles. The summed E-state index contributed by atoms with van der Waals surface area (Å²) in [5, 5.41) is 0. The van der Waals surface area contributed by atoms with Crippen molar-refractivity contribution < 1.29 is 23.9 Å². The Bertz CT molecular complexity index is 400. The summed E-state index contributed by atoms with van der Waals surface area (Å²) in [6.45, 7) is 6.77. The second-order valence-corrected chi connectivity index (χ2v) is 5.78. The molecule has 0 saturated heterocycles.